The highest BCUT2D eigenvalue weighted by Crippen LogP contribution is 2.52. The molecule has 2 unspecified atom stereocenters. The van der Waals surface area contributed by atoms with Crippen molar-refractivity contribution in [2.75, 3.05) is 0 Å². The van der Waals surface area contributed by atoms with E-state index in [9.17, 15) is 13.2 Å². The minimum absolute atomic E-state index is 0.0179. The van der Waals surface area contributed by atoms with E-state index in [2.05, 4.69) is 5.32 Å². The monoisotopic (exact) mass is 570 g/mol. The van der Waals surface area contributed by atoms with E-state index in [1.165, 1.54) is 12.1 Å². The van der Waals surface area contributed by atoms with Crippen molar-refractivity contribution < 1.29 is 22.4 Å². The van der Waals surface area contributed by atoms with E-state index in [1.807, 2.05) is 59.6 Å². The average molecular weight is 571 g/mol. The van der Waals surface area contributed by atoms with Gasteiger partial charge < -0.3 is 9.15 Å². The number of rotatable bonds is 4. The first kappa shape index (κ1) is 24.7. The maximum absolute atomic E-state index is 12.9. The second-order valence-corrected chi connectivity index (χ2v) is 12.1. The number of benzene rings is 3. The van der Waals surface area contributed by atoms with Gasteiger partial charge in [-0.2, -0.15) is 5.10 Å². The molecule has 1 fully saturated rings. The lowest BCUT2D eigenvalue weighted by Gasteiger charge is -2.44. The summed E-state index contributed by atoms with van der Waals surface area (Å²) in [4.78, 5) is 13.5. The van der Waals surface area contributed by atoms with Gasteiger partial charge in [-0.25, -0.2) is 18.6 Å². The third kappa shape index (κ3) is 4.10. The lowest BCUT2D eigenvalue weighted by molar-refractivity contribution is -0.0949. The van der Waals surface area contributed by atoms with Crippen LogP contribution in [0.25, 0.3) is 17.4 Å². The molecule has 0 aliphatic carbocycles. The number of carbonyl (C=O) groups excluding carboxylic acids is 1. The Kier molecular flexibility index (Phi) is 5.63. The van der Waals surface area contributed by atoms with Gasteiger partial charge in [0.25, 0.3) is 5.24 Å². The number of hydrazone groups is 1. The van der Waals surface area contributed by atoms with Crippen molar-refractivity contribution in [3.63, 3.8) is 0 Å². The summed E-state index contributed by atoms with van der Waals surface area (Å²) in [6.07, 6.45) is 2.42. The third-order valence-corrected chi connectivity index (χ3v) is 8.88. The van der Waals surface area contributed by atoms with Gasteiger partial charge in [0.15, 0.2) is 0 Å². The molecule has 9 nitrogen and oxygen atoms in total. The zero-order valence-electron chi connectivity index (χ0n) is 20.9. The average Bonchev–Trinajstić information content (AvgIpc) is 3.68. The van der Waals surface area contributed by atoms with Crippen LogP contribution < -0.4 is 15.2 Å². The molecule has 200 valence electrons. The van der Waals surface area contributed by atoms with E-state index < -0.39 is 15.9 Å². The predicted molar refractivity (Wildman–Crippen MR) is 152 cm³/mol. The van der Waals surface area contributed by atoms with Crippen molar-refractivity contribution in [1.29, 1.82) is 0 Å². The summed E-state index contributed by atoms with van der Waals surface area (Å²) < 4.78 is 35.8. The van der Waals surface area contributed by atoms with Crippen LogP contribution in [0.4, 0.5) is 4.79 Å². The number of ether oxygens (including phenoxy) is 1. The number of furan rings is 1. The number of amides is 1. The Hall–Kier alpha value is -4.32. The summed E-state index contributed by atoms with van der Waals surface area (Å²) in [7, 11) is -3.79. The van der Waals surface area contributed by atoms with Crippen LogP contribution >= 0.6 is 11.8 Å². The number of primary sulfonamides is 1. The molecule has 4 aromatic rings. The fourth-order valence-corrected chi connectivity index (χ4v) is 6.60. The summed E-state index contributed by atoms with van der Waals surface area (Å²) in [6.45, 7) is 0. The molecule has 3 N–H and O–H groups in total. The molecule has 0 bridgehead atoms. The van der Waals surface area contributed by atoms with Crippen molar-refractivity contribution in [1.82, 2.24) is 10.3 Å². The van der Waals surface area contributed by atoms with Crippen molar-refractivity contribution in [2.24, 2.45) is 10.2 Å². The van der Waals surface area contributed by atoms with Crippen molar-refractivity contribution in [3.05, 3.63) is 113 Å². The molecule has 40 heavy (non-hydrogen) atoms. The number of fused-ring (bicyclic) bond motifs is 4. The van der Waals surface area contributed by atoms with Crippen molar-refractivity contribution in [2.45, 2.75) is 23.2 Å². The number of hydrogen-bond donors (Lipinski definition) is 2. The highest BCUT2D eigenvalue weighted by atomic mass is 32.2. The summed E-state index contributed by atoms with van der Waals surface area (Å²) in [5.41, 5.74) is 3.59. The van der Waals surface area contributed by atoms with Crippen LogP contribution in [0.3, 0.4) is 0 Å². The van der Waals surface area contributed by atoms with Crippen LogP contribution in [0.15, 0.2) is 110 Å². The first-order chi connectivity index (χ1) is 19.3. The zero-order valence-corrected chi connectivity index (χ0v) is 22.5. The Labute approximate surface area is 234 Å². The normalized spacial score (nSPS) is 22.6. The Morgan fingerprint density at radius 3 is 2.50 bits per heavy atom. The fraction of sp³-hybridized carbons (Fsp3) is 0.103. The number of hydrogen-bond acceptors (Lipinski definition) is 8. The first-order valence-electron chi connectivity index (χ1n) is 12.5. The molecule has 0 saturated carbocycles. The minimum atomic E-state index is -3.79. The maximum Gasteiger partial charge on any atom is 0.314 e. The van der Waals surface area contributed by atoms with E-state index in [1.54, 1.807) is 30.3 Å². The molecule has 4 heterocycles. The molecule has 3 aliphatic heterocycles. The number of nitrogens with zero attached hydrogens (tertiary/aromatic N) is 2. The van der Waals surface area contributed by atoms with Gasteiger partial charge in [0.1, 0.15) is 17.3 Å². The molecular weight excluding hydrogens is 548 g/mol. The molecule has 3 aliphatic rings. The molecule has 2 atom stereocenters. The lowest BCUT2D eigenvalue weighted by Crippen LogP contribution is -2.61. The van der Waals surface area contributed by atoms with E-state index in [-0.39, 0.29) is 16.2 Å². The van der Waals surface area contributed by atoms with Crippen LogP contribution in [0, 0.1) is 0 Å². The summed E-state index contributed by atoms with van der Waals surface area (Å²) in [5.74, 6) is 0.357. The van der Waals surface area contributed by atoms with Gasteiger partial charge in [0, 0.05) is 17.5 Å². The molecule has 7 rings (SSSR count). The summed E-state index contributed by atoms with van der Waals surface area (Å²) >= 11 is 1.03. The quantitative estimate of drug-likeness (QED) is 0.341. The summed E-state index contributed by atoms with van der Waals surface area (Å²) in [6, 6.07) is 27.3. The topological polar surface area (TPSA) is 127 Å². The Morgan fingerprint density at radius 2 is 1.73 bits per heavy atom. The van der Waals surface area contributed by atoms with E-state index in [0.29, 0.717) is 34.2 Å². The highest BCUT2D eigenvalue weighted by molar-refractivity contribution is 8.17. The smallest absolute Gasteiger partial charge is 0.314 e. The van der Waals surface area contributed by atoms with Crippen LogP contribution in [0.2, 0.25) is 0 Å². The van der Waals surface area contributed by atoms with Gasteiger partial charge >= 0.3 is 5.85 Å². The molecule has 0 radical (unpaired) electrons. The van der Waals surface area contributed by atoms with Gasteiger partial charge in [-0.05, 0) is 65.9 Å². The maximum atomic E-state index is 12.9. The van der Waals surface area contributed by atoms with Gasteiger partial charge in [-0.3, -0.25) is 10.1 Å². The molecule has 1 spiro atoms. The van der Waals surface area contributed by atoms with Crippen LogP contribution in [-0.2, 0) is 10.0 Å². The standard InChI is InChI=1S/C29H22N4O5S2/c30-40(35,36)21-13-10-19(11-14-21)25-15-12-20(37-25)16-27-29(31-28(34)39-27)33-24(22-8-4-5-9-26(22)38-29)17-23(32-33)18-6-2-1-3-7-18/h1-16,24H,17H2,(H,31,34)(H2,30,35,36)/b27-16-. The molecule has 3 aromatic carbocycles. The molecule has 11 heteroatoms. The van der Waals surface area contributed by atoms with Gasteiger partial charge in [-0.1, -0.05) is 48.5 Å². The van der Waals surface area contributed by atoms with Crippen molar-refractivity contribution >= 4 is 38.8 Å². The molecule has 1 saturated heterocycles. The number of sulfonamides is 1. The number of para-hydroxylation sites is 1. The van der Waals surface area contributed by atoms with E-state index in [0.717, 1.165) is 28.6 Å². The first-order valence-corrected chi connectivity index (χ1v) is 14.8. The Bertz CT molecular complexity index is 1820. The van der Waals surface area contributed by atoms with E-state index in [4.69, 9.17) is 19.4 Å². The Morgan fingerprint density at radius 1 is 0.975 bits per heavy atom. The molecule has 1 amide bonds. The number of nitrogens with one attached hydrogen (secondary N) is 1. The molecule has 1 aromatic heterocycles. The van der Waals surface area contributed by atoms with Crippen LogP contribution in [0.5, 0.6) is 5.75 Å². The SMILES string of the molecule is NS(=O)(=O)c1ccc(-c2ccc(/C=C3\SC(=O)NC34Oc3ccccc3C3CC(c5ccccc5)=NN34)o2)cc1. The largest absolute Gasteiger partial charge is 0.457 e. The number of carbonyl (C=O) groups is 1. The van der Waals surface area contributed by atoms with Crippen LogP contribution in [0.1, 0.15) is 29.3 Å². The Balaban J connectivity index is 1.29. The second kappa shape index (κ2) is 9.12. The third-order valence-electron chi connectivity index (χ3n) is 7.05. The van der Waals surface area contributed by atoms with Gasteiger partial charge in [0.2, 0.25) is 10.0 Å². The number of nitrogens with two attached hydrogens (primary N) is 1. The van der Waals surface area contributed by atoms with Crippen molar-refractivity contribution in [3.8, 4) is 17.1 Å². The molecular formula is C29H22N4O5S2. The second-order valence-electron chi connectivity index (χ2n) is 9.56. The zero-order chi connectivity index (χ0) is 27.5. The summed E-state index contributed by atoms with van der Waals surface area (Å²) in [5, 5.41) is 14.8. The highest BCUT2D eigenvalue weighted by Gasteiger charge is 2.58. The predicted octanol–water partition coefficient (Wildman–Crippen LogP) is 5.29. The lowest BCUT2D eigenvalue weighted by atomic mass is 9.96. The van der Waals surface area contributed by atoms with Crippen LogP contribution in [-0.4, -0.2) is 30.2 Å². The van der Waals surface area contributed by atoms with Gasteiger partial charge in [-0.15, -0.1) is 0 Å². The van der Waals surface area contributed by atoms with Gasteiger partial charge in [0.05, 0.1) is 21.6 Å². The fourth-order valence-electron chi connectivity index (χ4n) is 5.19. The minimum Gasteiger partial charge on any atom is -0.457 e. The number of thioether (sulfide) groups is 1. The van der Waals surface area contributed by atoms with E-state index >= 15 is 0 Å².